The molecule has 1 heterocycles. The number of benzene rings is 2. The molecule has 0 amide bonds. The molecule has 13 heteroatoms. The maximum atomic E-state index is 13.6. The standard InChI is InChI=1S/C33H45N7O5S/c1-8-24-18-27(28(45-7)19-29(24)46(43,44)17-15-40(14-16-41)33(4,5)6)38-39-30-23(3)26(20-34)31(36-25-12-10-9-11-13-25)37-32(30)35-21-22(2)42/h9-13,18-19,22,41-42H,8,14-17,21H2,1-7H3,(H2,35,36,37)/b39-38+. The van der Waals surface area contributed by atoms with Gasteiger partial charge in [0.25, 0.3) is 0 Å². The van der Waals surface area contributed by atoms with Crippen LogP contribution in [0.4, 0.5) is 28.7 Å². The summed E-state index contributed by atoms with van der Waals surface area (Å²) in [6.07, 6.45) is -0.269. The van der Waals surface area contributed by atoms with Gasteiger partial charge in [-0.25, -0.2) is 13.4 Å². The number of pyridine rings is 1. The molecule has 46 heavy (non-hydrogen) atoms. The predicted octanol–water partition coefficient (Wildman–Crippen LogP) is 5.65. The third-order valence-corrected chi connectivity index (χ3v) is 9.18. The average molecular weight is 652 g/mol. The maximum Gasteiger partial charge on any atom is 0.180 e. The van der Waals surface area contributed by atoms with Gasteiger partial charge in [0.05, 0.1) is 36.0 Å². The lowest BCUT2D eigenvalue weighted by atomic mass is 10.1. The number of sulfone groups is 1. The Kier molecular flexibility index (Phi) is 12.6. The molecule has 1 aromatic heterocycles. The van der Waals surface area contributed by atoms with E-state index in [9.17, 15) is 23.9 Å². The number of aromatic nitrogens is 1. The number of ether oxygens (including phenoxy) is 1. The van der Waals surface area contributed by atoms with Gasteiger partial charge < -0.3 is 25.6 Å². The molecule has 3 aromatic rings. The van der Waals surface area contributed by atoms with Crippen LogP contribution in [0, 0.1) is 18.3 Å². The smallest absolute Gasteiger partial charge is 0.180 e. The van der Waals surface area contributed by atoms with Crippen LogP contribution in [0.5, 0.6) is 5.75 Å². The number of anilines is 3. The molecule has 0 aliphatic heterocycles. The third kappa shape index (κ3) is 9.23. The number of hydrogen-bond acceptors (Lipinski definition) is 12. The zero-order valence-corrected chi connectivity index (χ0v) is 28.4. The summed E-state index contributed by atoms with van der Waals surface area (Å²) in [5, 5.41) is 44.7. The maximum absolute atomic E-state index is 13.6. The van der Waals surface area contributed by atoms with E-state index in [-0.39, 0.29) is 47.2 Å². The average Bonchev–Trinajstić information content (AvgIpc) is 3.01. The Morgan fingerprint density at radius 3 is 2.39 bits per heavy atom. The molecule has 0 bridgehead atoms. The van der Waals surface area contributed by atoms with Gasteiger partial charge in [-0.3, -0.25) is 4.90 Å². The van der Waals surface area contributed by atoms with Crippen LogP contribution in [0.15, 0.2) is 57.6 Å². The SMILES string of the molecule is CCc1cc(/N=N/c2c(NCC(C)O)nc(Nc3ccccc3)c(C#N)c2C)c(OC)cc1S(=O)(=O)CCN(CCO)C(C)(C)C. The van der Waals surface area contributed by atoms with E-state index < -0.39 is 15.9 Å². The van der Waals surface area contributed by atoms with E-state index in [1.807, 2.05) is 62.9 Å². The van der Waals surface area contributed by atoms with Crippen molar-refractivity contribution < 1.29 is 23.4 Å². The summed E-state index contributed by atoms with van der Waals surface area (Å²) >= 11 is 0. The number of azo groups is 1. The van der Waals surface area contributed by atoms with Crippen LogP contribution in [0.2, 0.25) is 0 Å². The van der Waals surface area contributed by atoms with Gasteiger partial charge in [-0.1, -0.05) is 25.1 Å². The van der Waals surface area contributed by atoms with Gasteiger partial charge in [-0.2, -0.15) is 5.26 Å². The van der Waals surface area contributed by atoms with E-state index in [4.69, 9.17) is 4.74 Å². The van der Waals surface area contributed by atoms with E-state index in [1.165, 1.54) is 13.2 Å². The summed E-state index contributed by atoms with van der Waals surface area (Å²) in [6.45, 7) is 11.9. The van der Waals surface area contributed by atoms with E-state index in [1.54, 1.807) is 19.9 Å². The molecule has 1 atom stereocenters. The first-order chi connectivity index (χ1) is 21.7. The van der Waals surface area contributed by atoms with Crippen LogP contribution >= 0.6 is 0 Å². The van der Waals surface area contributed by atoms with Crippen LogP contribution < -0.4 is 15.4 Å². The molecular weight excluding hydrogens is 606 g/mol. The first kappa shape index (κ1) is 36.4. The summed E-state index contributed by atoms with van der Waals surface area (Å²) in [6, 6.07) is 14.6. The van der Waals surface area contributed by atoms with Gasteiger partial charge in [-0.15, -0.1) is 10.2 Å². The molecule has 2 aromatic carbocycles. The lowest BCUT2D eigenvalue weighted by Gasteiger charge is -2.35. The van der Waals surface area contributed by atoms with Crippen LogP contribution in [-0.2, 0) is 16.3 Å². The summed E-state index contributed by atoms with van der Waals surface area (Å²) in [4.78, 5) is 6.72. The van der Waals surface area contributed by atoms with E-state index >= 15 is 0 Å². The number of rotatable bonds is 15. The largest absolute Gasteiger partial charge is 0.494 e. The van der Waals surface area contributed by atoms with Crippen molar-refractivity contribution in [3.63, 3.8) is 0 Å². The Labute approximate surface area is 272 Å². The van der Waals surface area contributed by atoms with E-state index in [0.29, 0.717) is 47.1 Å². The molecule has 0 saturated carbocycles. The summed E-state index contributed by atoms with van der Waals surface area (Å²) < 4.78 is 32.7. The molecule has 0 aliphatic rings. The number of aliphatic hydroxyl groups is 2. The zero-order valence-electron chi connectivity index (χ0n) is 27.6. The minimum atomic E-state index is -3.72. The van der Waals surface area contributed by atoms with Crippen molar-refractivity contribution in [1.82, 2.24) is 9.88 Å². The van der Waals surface area contributed by atoms with Gasteiger partial charge in [0.1, 0.15) is 23.2 Å². The molecule has 0 fully saturated rings. The van der Waals surface area contributed by atoms with Gasteiger partial charge in [0, 0.05) is 42.5 Å². The van der Waals surface area contributed by atoms with Crippen molar-refractivity contribution in [3.8, 4) is 11.8 Å². The quantitative estimate of drug-likeness (QED) is 0.150. The molecule has 0 spiro atoms. The van der Waals surface area contributed by atoms with Crippen LogP contribution in [0.1, 0.15) is 51.3 Å². The highest BCUT2D eigenvalue weighted by Gasteiger charge is 2.26. The minimum Gasteiger partial charge on any atom is -0.494 e. The number of nitriles is 1. The topological polar surface area (TPSA) is 173 Å². The highest BCUT2D eigenvalue weighted by atomic mass is 32.2. The first-order valence-corrected chi connectivity index (χ1v) is 16.8. The second-order valence-electron chi connectivity index (χ2n) is 11.9. The second kappa shape index (κ2) is 16.0. The normalized spacial score (nSPS) is 12.7. The molecule has 0 saturated heterocycles. The Balaban J connectivity index is 2.06. The highest BCUT2D eigenvalue weighted by molar-refractivity contribution is 7.91. The number of β-amino-alcohol motifs (C(OH)–C–C–N with tert-alkyl or cyclic N) is 1. The third-order valence-electron chi connectivity index (χ3n) is 7.41. The Morgan fingerprint density at radius 2 is 1.83 bits per heavy atom. The van der Waals surface area contributed by atoms with Crippen LogP contribution in [0.25, 0.3) is 0 Å². The van der Waals surface area contributed by atoms with Crippen molar-refractivity contribution in [2.75, 3.05) is 49.7 Å². The number of aliphatic hydroxyl groups excluding tert-OH is 2. The number of para-hydroxylation sites is 1. The molecule has 1 unspecified atom stereocenters. The van der Waals surface area contributed by atoms with Gasteiger partial charge in [0.2, 0.25) is 0 Å². The van der Waals surface area contributed by atoms with Crippen molar-refractivity contribution in [2.24, 2.45) is 10.2 Å². The highest BCUT2D eigenvalue weighted by Crippen LogP contribution is 2.39. The van der Waals surface area contributed by atoms with Crippen molar-refractivity contribution in [3.05, 3.63) is 59.2 Å². The number of hydrogen-bond donors (Lipinski definition) is 4. The van der Waals surface area contributed by atoms with Crippen molar-refractivity contribution >= 4 is 38.5 Å². The Hall–Kier alpha value is -4.09. The number of aryl methyl sites for hydroxylation is 1. The molecule has 0 aliphatic carbocycles. The van der Waals surface area contributed by atoms with Gasteiger partial charge >= 0.3 is 0 Å². The number of nitrogens with one attached hydrogen (secondary N) is 2. The monoisotopic (exact) mass is 651 g/mol. The van der Waals surface area contributed by atoms with Gasteiger partial charge in [0.15, 0.2) is 21.5 Å². The minimum absolute atomic E-state index is 0.0710. The predicted molar refractivity (Wildman–Crippen MR) is 181 cm³/mol. The van der Waals surface area contributed by atoms with Crippen molar-refractivity contribution in [2.45, 2.75) is 64.5 Å². The van der Waals surface area contributed by atoms with E-state index in [2.05, 4.69) is 31.9 Å². The lowest BCUT2D eigenvalue weighted by Crippen LogP contribution is -2.45. The number of methoxy groups -OCH3 is 1. The Morgan fingerprint density at radius 1 is 1.13 bits per heavy atom. The summed E-state index contributed by atoms with van der Waals surface area (Å²) in [5.41, 5.74) is 2.36. The molecule has 3 rings (SSSR count). The fraction of sp³-hybridized carbons (Fsp3) is 0.455. The summed E-state index contributed by atoms with van der Waals surface area (Å²) in [5.74, 6) is 0.710. The summed E-state index contributed by atoms with van der Waals surface area (Å²) in [7, 11) is -2.29. The molecular formula is C33H45N7O5S. The second-order valence-corrected chi connectivity index (χ2v) is 14.0. The lowest BCUT2D eigenvalue weighted by molar-refractivity contribution is 0.113. The van der Waals surface area contributed by atoms with Crippen LogP contribution in [0.3, 0.4) is 0 Å². The first-order valence-electron chi connectivity index (χ1n) is 15.2. The zero-order chi connectivity index (χ0) is 34.1. The molecule has 248 valence electrons. The van der Waals surface area contributed by atoms with Gasteiger partial charge in [-0.05, 0) is 64.8 Å². The fourth-order valence-electron chi connectivity index (χ4n) is 4.82. The molecule has 0 radical (unpaired) electrons. The fourth-order valence-corrected chi connectivity index (χ4v) is 6.39. The Bertz CT molecular complexity index is 1660. The molecule has 4 N–H and O–H groups in total. The van der Waals surface area contributed by atoms with E-state index in [0.717, 1.165) is 5.69 Å². The van der Waals surface area contributed by atoms with Crippen LogP contribution in [-0.4, -0.2) is 79.3 Å². The number of nitrogens with zero attached hydrogens (tertiary/aromatic N) is 5. The van der Waals surface area contributed by atoms with Crippen molar-refractivity contribution in [1.29, 1.82) is 5.26 Å². The molecule has 12 nitrogen and oxygen atoms in total.